The zero-order valence-corrected chi connectivity index (χ0v) is 22.5. The molecule has 2 aromatic rings. The number of aromatic amines is 1. The Morgan fingerprint density at radius 2 is 1.87 bits per heavy atom. The molecule has 4 N–H and O–H groups in total. The van der Waals surface area contributed by atoms with Gasteiger partial charge in [0.15, 0.2) is 11.6 Å². The first-order valence-electron chi connectivity index (χ1n) is 14.7. The van der Waals surface area contributed by atoms with Gasteiger partial charge in [0.1, 0.15) is 5.69 Å². The molecule has 6 rings (SSSR count). The predicted molar refractivity (Wildman–Crippen MR) is 146 cm³/mol. The highest BCUT2D eigenvalue weighted by molar-refractivity contribution is 5.79. The van der Waals surface area contributed by atoms with Crippen LogP contribution < -0.4 is 21.8 Å². The van der Waals surface area contributed by atoms with E-state index in [9.17, 15) is 4.79 Å². The molecule has 2 unspecified atom stereocenters. The van der Waals surface area contributed by atoms with Crippen molar-refractivity contribution in [2.24, 2.45) is 17.8 Å². The number of hydrazine groups is 1. The summed E-state index contributed by atoms with van der Waals surface area (Å²) in [5.74, 6) is 3.22. The van der Waals surface area contributed by atoms with Crippen LogP contribution >= 0.6 is 0 Å². The number of nitrogens with one attached hydrogen (secondary N) is 4. The molecule has 4 aliphatic rings. The number of fused-ring (bicyclic) bond motifs is 1. The molecule has 0 spiro atoms. The largest absolute Gasteiger partial charge is 0.439 e. The molecule has 11 heteroatoms. The molecular formula is C27H42N8O3. The van der Waals surface area contributed by atoms with Gasteiger partial charge in [0.05, 0.1) is 6.61 Å². The molecule has 4 heterocycles. The van der Waals surface area contributed by atoms with Gasteiger partial charge in [-0.1, -0.05) is 30.8 Å². The second-order valence-electron chi connectivity index (χ2n) is 11.7. The molecule has 2 aromatic heterocycles. The van der Waals surface area contributed by atoms with Crippen LogP contribution in [0.3, 0.4) is 0 Å². The molecule has 208 valence electrons. The third-order valence-electron chi connectivity index (χ3n) is 9.13. The van der Waals surface area contributed by atoms with Crippen LogP contribution in [0.2, 0.25) is 0 Å². The van der Waals surface area contributed by atoms with Gasteiger partial charge >= 0.3 is 5.76 Å². The smallest absolute Gasteiger partial charge is 0.381 e. The third kappa shape index (κ3) is 5.68. The number of piperidine rings is 1. The number of hydrogen-bond donors (Lipinski definition) is 4. The topological polar surface area (TPSA) is 133 Å². The standard InChI is InChI=1S/C27H42N8O3/c1-17(19-9-5-10-19)29-23-22(28-15-18-7-3-2-4-8-18)24(31-25(30-23)26-32-27(36)38-34-26)33-35-13-6-11-20-16-37-14-12-21(20)35/h17-21,28H,2-16H2,1H3,(H,32,34,36)(H2,29,30,31,33)/t17-,20?,21?/m1/s1. The molecule has 0 amide bonds. The van der Waals surface area contributed by atoms with Gasteiger partial charge in [-0.2, -0.15) is 0 Å². The first-order chi connectivity index (χ1) is 18.6. The number of anilines is 3. The zero-order chi connectivity index (χ0) is 25.9. The summed E-state index contributed by atoms with van der Waals surface area (Å²) in [6.45, 7) is 5.68. The van der Waals surface area contributed by atoms with Crippen molar-refractivity contribution in [3.05, 3.63) is 10.6 Å². The van der Waals surface area contributed by atoms with Crippen LogP contribution in [0.15, 0.2) is 9.32 Å². The second kappa shape index (κ2) is 11.6. The summed E-state index contributed by atoms with van der Waals surface area (Å²) in [5, 5.41) is 13.7. The lowest BCUT2D eigenvalue weighted by atomic mass is 9.80. The lowest BCUT2D eigenvalue weighted by molar-refractivity contribution is -0.0266. The monoisotopic (exact) mass is 526 g/mol. The van der Waals surface area contributed by atoms with E-state index >= 15 is 0 Å². The van der Waals surface area contributed by atoms with Crippen molar-refractivity contribution in [2.75, 3.05) is 42.4 Å². The summed E-state index contributed by atoms with van der Waals surface area (Å²) < 4.78 is 10.6. The number of H-pyrrole nitrogens is 1. The van der Waals surface area contributed by atoms with Crippen molar-refractivity contribution in [3.8, 4) is 11.6 Å². The molecule has 3 atom stereocenters. The third-order valence-corrected chi connectivity index (χ3v) is 9.13. The summed E-state index contributed by atoms with van der Waals surface area (Å²) in [5.41, 5.74) is 4.59. The maximum Gasteiger partial charge on any atom is 0.439 e. The lowest BCUT2D eigenvalue weighted by Crippen LogP contribution is -2.52. The first kappa shape index (κ1) is 25.6. The van der Waals surface area contributed by atoms with Crippen molar-refractivity contribution < 1.29 is 9.26 Å². The van der Waals surface area contributed by atoms with Crippen LogP contribution in [0.25, 0.3) is 11.6 Å². The summed E-state index contributed by atoms with van der Waals surface area (Å²) in [6.07, 6.45) is 13.5. The van der Waals surface area contributed by atoms with Crippen LogP contribution in [0.5, 0.6) is 0 Å². The van der Waals surface area contributed by atoms with Crippen molar-refractivity contribution in [2.45, 2.75) is 89.6 Å². The number of aromatic nitrogens is 4. The Balaban J connectivity index is 1.35. The van der Waals surface area contributed by atoms with Crippen molar-refractivity contribution >= 4 is 17.3 Å². The van der Waals surface area contributed by atoms with Crippen LogP contribution in [0.4, 0.5) is 17.3 Å². The molecular weight excluding hydrogens is 484 g/mol. The fourth-order valence-corrected chi connectivity index (χ4v) is 6.59. The SMILES string of the molecule is C[C@@H](Nc1nc(-c2noc(=O)[nH]2)nc(NN2CCCC3COCCC32)c1NCC1CCCCC1)C1CCC1. The van der Waals surface area contributed by atoms with Gasteiger partial charge in [-0.25, -0.2) is 19.8 Å². The minimum Gasteiger partial charge on any atom is -0.381 e. The molecule has 0 bridgehead atoms. The maximum atomic E-state index is 11.8. The second-order valence-corrected chi connectivity index (χ2v) is 11.7. The first-order valence-corrected chi connectivity index (χ1v) is 14.7. The Bertz CT molecular complexity index is 1120. The molecule has 38 heavy (non-hydrogen) atoms. The highest BCUT2D eigenvalue weighted by atomic mass is 16.5. The zero-order valence-electron chi connectivity index (χ0n) is 22.5. The van der Waals surface area contributed by atoms with Gasteiger partial charge in [-0.15, -0.1) is 0 Å². The van der Waals surface area contributed by atoms with Crippen LogP contribution in [0, 0.1) is 17.8 Å². The summed E-state index contributed by atoms with van der Waals surface area (Å²) >= 11 is 0. The molecule has 2 saturated carbocycles. The normalized spacial score (nSPS) is 25.8. The van der Waals surface area contributed by atoms with Crippen LogP contribution in [-0.2, 0) is 4.74 Å². The van der Waals surface area contributed by atoms with Gasteiger partial charge in [-0.05, 0) is 69.6 Å². The molecule has 2 aliphatic heterocycles. The highest BCUT2D eigenvalue weighted by Gasteiger charge is 2.35. The summed E-state index contributed by atoms with van der Waals surface area (Å²) in [4.78, 5) is 24.2. The van der Waals surface area contributed by atoms with Crippen molar-refractivity contribution in [3.63, 3.8) is 0 Å². The van der Waals surface area contributed by atoms with Gasteiger partial charge in [0.25, 0.3) is 0 Å². The van der Waals surface area contributed by atoms with E-state index in [1.54, 1.807) is 0 Å². The Morgan fingerprint density at radius 1 is 1.03 bits per heavy atom. The fourth-order valence-electron chi connectivity index (χ4n) is 6.59. The molecule has 0 aromatic carbocycles. The quantitative estimate of drug-likeness (QED) is 0.376. The van der Waals surface area contributed by atoms with Gasteiger partial charge in [0, 0.05) is 31.8 Å². The van der Waals surface area contributed by atoms with Crippen molar-refractivity contribution in [1.82, 2.24) is 25.1 Å². The van der Waals surface area contributed by atoms with Crippen LogP contribution in [-0.4, -0.2) is 63.5 Å². The number of rotatable bonds is 9. The van der Waals surface area contributed by atoms with E-state index in [2.05, 4.69) is 38.1 Å². The van der Waals surface area contributed by atoms with E-state index in [0.29, 0.717) is 35.4 Å². The van der Waals surface area contributed by atoms with E-state index in [4.69, 9.17) is 19.2 Å². The Morgan fingerprint density at radius 3 is 2.63 bits per heavy atom. The van der Waals surface area contributed by atoms with E-state index in [1.807, 2.05) is 0 Å². The van der Waals surface area contributed by atoms with E-state index < -0.39 is 5.76 Å². The van der Waals surface area contributed by atoms with E-state index in [0.717, 1.165) is 50.7 Å². The predicted octanol–water partition coefficient (Wildman–Crippen LogP) is 4.24. The Kier molecular flexibility index (Phi) is 7.82. The Labute approximate surface area is 223 Å². The maximum absolute atomic E-state index is 11.8. The Hall–Kier alpha value is -2.66. The molecule has 2 saturated heterocycles. The molecule has 0 radical (unpaired) electrons. The van der Waals surface area contributed by atoms with E-state index in [-0.39, 0.29) is 11.9 Å². The average Bonchev–Trinajstić information content (AvgIpc) is 3.34. The number of ether oxygens (including phenoxy) is 1. The number of hydrogen-bond acceptors (Lipinski definition) is 10. The van der Waals surface area contributed by atoms with Gasteiger partial charge in [0.2, 0.25) is 11.6 Å². The highest BCUT2D eigenvalue weighted by Crippen LogP contribution is 2.37. The minimum atomic E-state index is -0.615. The van der Waals surface area contributed by atoms with E-state index in [1.165, 1.54) is 57.8 Å². The summed E-state index contributed by atoms with van der Waals surface area (Å²) in [6, 6.07) is 0.681. The van der Waals surface area contributed by atoms with Gasteiger partial charge < -0.3 is 20.8 Å². The number of nitrogens with zero attached hydrogens (tertiary/aromatic N) is 4. The minimum absolute atomic E-state index is 0.235. The van der Waals surface area contributed by atoms with Crippen molar-refractivity contribution in [1.29, 1.82) is 0 Å². The van der Waals surface area contributed by atoms with Crippen LogP contribution in [0.1, 0.15) is 77.6 Å². The molecule has 4 fully saturated rings. The molecule has 11 nitrogen and oxygen atoms in total. The van der Waals surface area contributed by atoms with Gasteiger partial charge in [-0.3, -0.25) is 9.51 Å². The summed E-state index contributed by atoms with van der Waals surface area (Å²) in [7, 11) is 0. The molecule has 2 aliphatic carbocycles. The lowest BCUT2D eigenvalue weighted by Gasteiger charge is -2.44. The fraction of sp³-hybridized carbons (Fsp3) is 0.778. The average molecular weight is 527 g/mol.